The molecule has 2 rings (SSSR count). The SMILES string of the molecule is NC(=O)OC1CC(NCC(=O)Nc2cncc(Br)n2)C1. The second kappa shape index (κ2) is 6.62. The van der Waals surface area contributed by atoms with Gasteiger partial charge < -0.3 is 21.1 Å². The van der Waals surface area contributed by atoms with Crippen molar-refractivity contribution >= 4 is 33.7 Å². The summed E-state index contributed by atoms with van der Waals surface area (Å²) in [6.07, 6.45) is 3.40. The Bertz CT molecular complexity index is 507. The fraction of sp³-hybridized carbons (Fsp3) is 0.455. The summed E-state index contributed by atoms with van der Waals surface area (Å²) in [5, 5.41) is 5.67. The lowest BCUT2D eigenvalue weighted by molar-refractivity contribution is -0.115. The van der Waals surface area contributed by atoms with E-state index in [4.69, 9.17) is 10.5 Å². The van der Waals surface area contributed by atoms with Crippen LogP contribution in [0.1, 0.15) is 12.8 Å². The van der Waals surface area contributed by atoms with Gasteiger partial charge in [-0.1, -0.05) is 0 Å². The van der Waals surface area contributed by atoms with Gasteiger partial charge in [-0.2, -0.15) is 0 Å². The molecule has 2 amide bonds. The van der Waals surface area contributed by atoms with Gasteiger partial charge in [-0.25, -0.2) is 9.78 Å². The van der Waals surface area contributed by atoms with Crippen molar-refractivity contribution in [3.05, 3.63) is 17.0 Å². The average molecular weight is 344 g/mol. The molecule has 9 heteroatoms. The van der Waals surface area contributed by atoms with Gasteiger partial charge in [-0.3, -0.25) is 9.78 Å². The molecule has 0 saturated heterocycles. The fourth-order valence-corrected chi connectivity index (χ4v) is 2.13. The monoisotopic (exact) mass is 343 g/mol. The Balaban J connectivity index is 1.65. The Morgan fingerprint density at radius 3 is 2.85 bits per heavy atom. The first-order chi connectivity index (χ1) is 9.52. The number of nitrogens with zero attached hydrogens (tertiary/aromatic N) is 2. The highest BCUT2D eigenvalue weighted by Gasteiger charge is 2.31. The topological polar surface area (TPSA) is 119 Å². The van der Waals surface area contributed by atoms with Crippen LogP contribution in [0.25, 0.3) is 0 Å². The van der Waals surface area contributed by atoms with Crippen LogP contribution in [0.3, 0.4) is 0 Å². The van der Waals surface area contributed by atoms with E-state index in [1.807, 2.05) is 0 Å². The summed E-state index contributed by atoms with van der Waals surface area (Å²) in [5.74, 6) is 0.173. The quantitative estimate of drug-likeness (QED) is 0.711. The van der Waals surface area contributed by atoms with E-state index in [0.717, 1.165) is 0 Å². The molecule has 0 radical (unpaired) electrons. The number of hydrogen-bond acceptors (Lipinski definition) is 6. The Morgan fingerprint density at radius 2 is 2.20 bits per heavy atom. The number of halogens is 1. The van der Waals surface area contributed by atoms with E-state index < -0.39 is 6.09 Å². The summed E-state index contributed by atoms with van der Waals surface area (Å²) < 4.78 is 5.36. The number of rotatable bonds is 5. The second-order valence-corrected chi connectivity index (χ2v) is 5.20. The van der Waals surface area contributed by atoms with Crippen LogP contribution >= 0.6 is 15.9 Å². The summed E-state index contributed by atoms with van der Waals surface area (Å²) >= 11 is 3.17. The van der Waals surface area contributed by atoms with E-state index >= 15 is 0 Å². The van der Waals surface area contributed by atoms with E-state index in [0.29, 0.717) is 23.3 Å². The maximum atomic E-state index is 11.7. The van der Waals surface area contributed by atoms with Gasteiger partial charge in [0.1, 0.15) is 10.7 Å². The molecule has 0 bridgehead atoms. The van der Waals surface area contributed by atoms with Crippen molar-refractivity contribution in [3.8, 4) is 0 Å². The molecule has 1 aromatic rings. The number of anilines is 1. The first kappa shape index (κ1) is 14.7. The number of aromatic nitrogens is 2. The molecule has 1 aliphatic rings. The number of amides is 2. The molecule has 1 saturated carbocycles. The Morgan fingerprint density at radius 1 is 1.45 bits per heavy atom. The van der Waals surface area contributed by atoms with E-state index in [9.17, 15) is 9.59 Å². The van der Waals surface area contributed by atoms with E-state index in [1.54, 1.807) is 0 Å². The lowest BCUT2D eigenvalue weighted by atomic mass is 9.89. The van der Waals surface area contributed by atoms with Gasteiger partial charge in [0.25, 0.3) is 0 Å². The highest BCUT2D eigenvalue weighted by molar-refractivity contribution is 9.10. The third-order valence-electron chi connectivity index (χ3n) is 2.80. The zero-order valence-corrected chi connectivity index (χ0v) is 12.1. The van der Waals surface area contributed by atoms with E-state index in [1.165, 1.54) is 12.4 Å². The molecule has 0 aliphatic heterocycles. The lowest BCUT2D eigenvalue weighted by Crippen LogP contribution is -2.48. The Labute approximate surface area is 123 Å². The van der Waals surface area contributed by atoms with Crippen molar-refractivity contribution in [2.75, 3.05) is 11.9 Å². The zero-order valence-electron chi connectivity index (χ0n) is 10.5. The largest absolute Gasteiger partial charge is 0.446 e. The standard InChI is InChI=1S/C11H14BrN5O3/c12-8-3-14-4-9(16-8)17-10(18)5-15-6-1-7(2-6)20-11(13)19/h3-4,6-7,15H,1-2,5H2,(H2,13,19)(H,16,17,18). The maximum absolute atomic E-state index is 11.7. The second-order valence-electron chi connectivity index (χ2n) is 4.38. The zero-order chi connectivity index (χ0) is 14.5. The van der Waals surface area contributed by atoms with Crippen LogP contribution in [-0.4, -0.2) is 40.7 Å². The molecule has 8 nitrogen and oxygen atoms in total. The van der Waals surface area contributed by atoms with Crippen molar-refractivity contribution in [2.45, 2.75) is 25.0 Å². The van der Waals surface area contributed by atoms with E-state index in [-0.39, 0.29) is 24.6 Å². The molecule has 1 aromatic heterocycles. The highest BCUT2D eigenvalue weighted by Crippen LogP contribution is 2.22. The number of carbonyl (C=O) groups is 2. The summed E-state index contributed by atoms with van der Waals surface area (Å²) in [5.41, 5.74) is 4.91. The molecule has 108 valence electrons. The van der Waals surface area contributed by atoms with Gasteiger partial charge in [-0.05, 0) is 28.8 Å². The van der Waals surface area contributed by atoms with Crippen LogP contribution < -0.4 is 16.4 Å². The third-order valence-corrected chi connectivity index (χ3v) is 3.18. The number of ether oxygens (including phenoxy) is 1. The lowest BCUT2D eigenvalue weighted by Gasteiger charge is -2.34. The number of nitrogens with two attached hydrogens (primary N) is 1. The number of primary amides is 1. The van der Waals surface area contributed by atoms with Gasteiger partial charge in [0.2, 0.25) is 5.91 Å². The molecule has 0 atom stereocenters. The summed E-state index contributed by atoms with van der Waals surface area (Å²) in [6, 6.07) is 0.152. The minimum Gasteiger partial charge on any atom is -0.446 e. The molecule has 1 fully saturated rings. The molecule has 1 aliphatic carbocycles. The minimum atomic E-state index is -0.764. The highest BCUT2D eigenvalue weighted by atomic mass is 79.9. The molecular formula is C11H14BrN5O3. The third kappa shape index (κ3) is 4.42. The van der Waals surface area contributed by atoms with Crippen LogP contribution in [0.15, 0.2) is 17.0 Å². The van der Waals surface area contributed by atoms with Gasteiger partial charge in [0.15, 0.2) is 5.82 Å². The summed E-state index contributed by atoms with van der Waals surface area (Å²) in [4.78, 5) is 30.1. The smallest absolute Gasteiger partial charge is 0.404 e. The van der Waals surface area contributed by atoms with Crippen LogP contribution in [0.4, 0.5) is 10.6 Å². The maximum Gasteiger partial charge on any atom is 0.404 e. The Kier molecular flexibility index (Phi) is 4.85. The van der Waals surface area contributed by atoms with Crippen molar-refractivity contribution in [3.63, 3.8) is 0 Å². The minimum absolute atomic E-state index is 0.149. The van der Waals surface area contributed by atoms with Crippen molar-refractivity contribution in [1.82, 2.24) is 15.3 Å². The van der Waals surface area contributed by atoms with E-state index in [2.05, 4.69) is 36.5 Å². The van der Waals surface area contributed by atoms with Crippen LogP contribution in [0.2, 0.25) is 0 Å². The van der Waals surface area contributed by atoms with Crippen LogP contribution in [0, 0.1) is 0 Å². The molecular weight excluding hydrogens is 330 g/mol. The van der Waals surface area contributed by atoms with Crippen molar-refractivity contribution in [2.24, 2.45) is 5.73 Å². The first-order valence-electron chi connectivity index (χ1n) is 6.00. The molecule has 0 unspecified atom stereocenters. The predicted molar refractivity (Wildman–Crippen MR) is 73.8 cm³/mol. The van der Waals surface area contributed by atoms with Crippen LogP contribution in [-0.2, 0) is 9.53 Å². The Hall–Kier alpha value is -1.74. The number of hydrogen-bond donors (Lipinski definition) is 3. The summed E-state index contributed by atoms with van der Waals surface area (Å²) in [7, 11) is 0. The summed E-state index contributed by atoms with van der Waals surface area (Å²) in [6.45, 7) is 0.155. The molecule has 20 heavy (non-hydrogen) atoms. The van der Waals surface area contributed by atoms with Gasteiger partial charge in [0.05, 0.1) is 18.9 Å². The predicted octanol–water partition coefficient (Wildman–Crippen LogP) is 0.393. The van der Waals surface area contributed by atoms with Crippen molar-refractivity contribution < 1.29 is 14.3 Å². The molecule has 4 N–H and O–H groups in total. The van der Waals surface area contributed by atoms with Crippen molar-refractivity contribution in [1.29, 1.82) is 0 Å². The van der Waals surface area contributed by atoms with Crippen LogP contribution in [0.5, 0.6) is 0 Å². The molecule has 1 heterocycles. The number of carbonyl (C=O) groups excluding carboxylic acids is 2. The first-order valence-corrected chi connectivity index (χ1v) is 6.79. The fourth-order valence-electron chi connectivity index (χ4n) is 1.82. The average Bonchev–Trinajstić information content (AvgIpc) is 2.31. The number of nitrogens with one attached hydrogen (secondary N) is 2. The van der Waals surface area contributed by atoms with Gasteiger partial charge in [0, 0.05) is 6.04 Å². The van der Waals surface area contributed by atoms with Gasteiger partial charge in [-0.15, -0.1) is 0 Å². The normalized spacial score (nSPS) is 20.9. The molecule has 0 aromatic carbocycles. The van der Waals surface area contributed by atoms with Gasteiger partial charge >= 0.3 is 6.09 Å². The molecule has 0 spiro atoms.